The van der Waals surface area contributed by atoms with Gasteiger partial charge in [0.15, 0.2) is 22.9 Å². The largest absolute Gasteiger partial charge is 0.436 e. The van der Waals surface area contributed by atoms with Crippen molar-refractivity contribution in [3.05, 3.63) is 18.1 Å². The number of fused-ring (bicyclic) bond motifs is 1. The van der Waals surface area contributed by atoms with E-state index in [0.717, 1.165) is 17.2 Å². The molecular formula is C10H14N5O7P. The highest BCUT2D eigenvalue weighted by Gasteiger charge is 2.44. The maximum atomic E-state index is 11.6. The lowest BCUT2D eigenvalue weighted by molar-refractivity contribution is -0.0512. The van der Waals surface area contributed by atoms with Crippen molar-refractivity contribution >= 4 is 18.9 Å². The van der Waals surface area contributed by atoms with E-state index in [2.05, 4.69) is 9.97 Å². The first-order valence-electron chi connectivity index (χ1n) is 6.43. The van der Waals surface area contributed by atoms with Crippen LogP contribution >= 0.6 is 7.75 Å². The molecule has 1 fully saturated rings. The average Bonchev–Trinajstić information content (AvgIpc) is 3.02. The molecule has 1 aliphatic rings. The summed E-state index contributed by atoms with van der Waals surface area (Å²) in [6.45, 7) is -0.550. The van der Waals surface area contributed by atoms with Crippen LogP contribution in [0, 0.1) is 5.41 Å². The number of nitrogens with one attached hydrogen (secondary N) is 1. The van der Waals surface area contributed by atoms with Crippen LogP contribution < -0.4 is 5.49 Å². The Hall–Kier alpha value is -1.66. The molecule has 0 spiro atoms. The molecule has 1 aliphatic heterocycles. The number of nitrogens with zero attached hydrogens (tertiary/aromatic N) is 4. The molecule has 3 heterocycles. The van der Waals surface area contributed by atoms with E-state index in [0.29, 0.717) is 4.34 Å². The highest BCUT2D eigenvalue weighted by Crippen LogP contribution is 2.40. The Morgan fingerprint density at radius 1 is 1.26 bits per heavy atom. The lowest BCUT2D eigenvalue weighted by Gasteiger charge is -2.19. The first kappa shape index (κ1) is 16.2. The molecule has 13 heteroatoms. The molecule has 0 aromatic carbocycles. The quantitative estimate of drug-likeness (QED) is 0.320. The zero-order valence-corrected chi connectivity index (χ0v) is 12.4. The van der Waals surface area contributed by atoms with Crippen molar-refractivity contribution in [1.82, 2.24) is 18.9 Å². The molecule has 0 radical (unpaired) electrons. The Morgan fingerprint density at radius 3 is 2.52 bits per heavy atom. The third-order valence-electron chi connectivity index (χ3n) is 3.58. The van der Waals surface area contributed by atoms with E-state index in [1.54, 1.807) is 0 Å². The van der Waals surface area contributed by atoms with Crippen molar-refractivity contribution < 1.29 is 34.4 Å². The van der Waals surface area contributed by atoms with Gasteiger partial charge in [0.05, 0.1) is 12.9 Å². The van der Waals surface area contributed by atoms with Gasteiger partial charge >= 0.3 is 7.75 Å². The van der Waals surface area contributed by atoms with Gasteiger partial charge in [-0.2, -0.15) is 0 Å². The second-order valence-corrected chi connectivity index (χ2v) is 6.46. The van der Waals surface area contributed by atoms with Gasteiger partial charge in [0.1, 0.15) is 24.6 Å². The second kappa shape index (κ2) is 5.46. The number of aliphatic hydroxyl groups is 3. The standard InChI is InChI=1S/C10H14N5O7P/c11-8-5-9(15(3-13-8)23(19,20)21)14(2-12-5)10-7(18)6(17)4(1-16)22-10/h2-4,6-7,10-11,16-18H,1H2,(H2,19,20,21)/t4-,6-,7-,10-/m1/s1. The van der Waals surface area contributed by atoms with Crippen LogP contribution in [-0.2, 0) is 9.30 Å². The van der Waals surface area contributed by atoms with Gasteiger partial charge in [0.2, 0.25) is 0 Å². The third-order valence-corrected chi connectivity index (χ3v) is 4.43. The fourth-order valence-electron chi connectivity index (χ4n) is 2.46. The molecule has 0 bridgehead atoms. The Kier molecular flexibility index (Phi) is 3.84. The predicted octanol–water partition coefficient (Wildman–Crippen LogP) is -2.74. The first-order chi connectivity index (χ1) is 10.8. The molecule has 23 heavy (non-hydrogen) atoms. The Labute approximate surface area is 128 Å². The van der Waals surface area contributed by atoms with E-state index in [9.17, 15) is 24.6 Å². The highest BCUT2D eigenvalue weighted by atomic mass is 31.2. The number of hydrogen-bond donors (Lipinski definition) is 6. The van der Waals surface area contributed by atoms with Crippen LogP contribution in [0.25, 0.3) is 11.2 Å². The molecular weight excluding hydrogens is 333 g/mol. The van der Waals surface area contributed by atoms with E-state index in [1.165, 1.54) is 0 Å². The molecule has 0 aliphatic carbocycles. The van der Waals surface area contributed by atoms with Gasteiger partial charge in [-0.1, -0.05) is 0 Å². The summed E-state index contributed by atoms with van der Waals surface area (Å²) in [5, 5.41) is 36.6. The lowest BCUT2D eigenvalue weighted by atomic mass is 10.1. The van der Waals surface area contributed by atoms with Gasteiger partial charge in [-0.3, -0.25) is 9.98 Å². The van der Waals surface area contributed by atoms with Gasteiger partial charge in [-0.05, 0) is 0 Å². The molecule has 2 aromatic rings. The summed E-state index contributed by atoms with van der Waals surface area (Å²) in [5.74, 6) is 0. The SMILES string of the molecule is N=c1ncn(P(=O)(O)O)c2c1ncn2[C@@H]1O[C@H](CO)[C@@H](O)[C@H]1O. The maximum Gasteiger partial charge on any atom is 0.436 e. The molecule has 2 aromatic heterocycles. The molecule has 3 rings (SSSR count). The predicted molar refractivity (Wildman–Crippen MR) is 71.8 cm³/mol. The fourth-order valence-corrected chi connectivity index (χ4v) is 3.09. The summed E-state index contributed by atoms with van der Waals surface area (Å²) in [6.07, 6.45) is -3.26. The zero-order chi connectivity index (χ0) is 16.9. The van der Waals surface area contributed by atoms with Gasteiger partial charge in [0.25, 0.3) is 0 Å². The molecule has 0 unspecified atom stereocenters. The lowest BCUT2D eigenvalue weighted by Crippen LogP contribution is -2.33. The number of aromatic nitrogens is 4. The van der Waals surface area contributed by atoms with Crippen LogP contribution in [-0.4, -0.2) is 68.9 Å². The van der Waals surface area contributed by atoms with E-state index in [-0.39, 0.29) is 16.7 Å². The number of ether oxygens (including phenoxy) is 1. The topological polar surface area (TPSA) is 187 Å². The van der Waals surface area contributed by atoms with Gasteiger partial charge in [0, 0.05) is 0 Å². The molecule has 1 saturated heterocycles. The summed E-state index contributed by atoms with van der Waals surface area (Å²) in [6, 6.07) is 0. The fraction of sp³-hybridized carbons (Fsp3) is 0.500. The van der Waals surface area contributed by atoms with Crippen LogP contribution in [0.1, 0.15) is 6.23 Å². The van der Waals surface area contributed by atoms with Crippen LogP contribution in [0.3, 0.4) is 0 Å². The van der Waals surface area contributed by atoms with Crippen molar-refractivity contribution in [2.24, 2.45) is 0 Å². The average molecular weight is 347 g/mol. The van der Waals surface area contributed by atoms with Crippen molar-refractivity contribution in [2.75, 3.05) is 6.61 Å². The molecule has 6 N–H and O–H groups in total. The normalized spacial score (nSPS) is 28.6. The van der Waals surface area contributed by atoms with Crippen LogP contribution in [0.2, 0.25) is 0 Å². The Balaban J connectivity index is 2.22. The van der Waals surface area contributed by atoms with Crippen LogP contribution in [0.5, 0.6) is 0 Å². The summed E-state index contributed by atoms with van der Waals surface area (Å²) in [4.78, 5) is 26.2. The van der Waals surface area contributed by atoms with Gasteiger partial charge < -0.3 is 29.8 Å². The minimum absolute atomic E-state index is 0.117. The molecule has 4 atom stereocenters. The van der Waals surface area contributed by atoms with Crippen LogP contribution in [0.4, 0.5) is 0 Å². The molecule has 0 saturated carbocycles. The van der Waals surface area contributed by atoms with Crippen molar-refractivity contribution in [3.8, 4) is 0 Å². The van der Waals surface area contributed by atoms with E-state index >= 15 is 0 Å². The van der Waals surface area contributed by atoms with Crippen molar-refractivity contribution in [1.29, 1.82) is 5.41 Å². The molecule has 126 valence electrons. The van der Waals surface area contributed by atoms with E-state index < -0.39 is 38.9 Å². The monoisotopic (exact) mass is 347 g/mol. The summed E-state index contributed by atoms with van der Waals surface area (Å²) in [7, 11) is -4.81. The summed E-state index contributed by atoms with van der Waals surface area (Å²) >= 11 is 0. The van der Waals surface area contributed by atoms with Crippen LogP contribution in [0.15, 0.2) is 12.7 Å². The van der Waals surface area contributed by atoms with Crippen molar-refractivity contribution in [2.45, 2.75) is 24.5 Å². The first-order valence-corrected chi connectivity index (χ1v) is 8.00. The Bertz CT molecular complexity index is 844. The number of hydrogen-bond acceptors (Lipinski definition) is 8. The van der Waals surface area contributed by atoms with E-state index in [1.807, 2.05) is 0 Å². The number of imidazole rings is 1. The van der Waals surface area contributed by atoms with Gasteiger partial charge in [-0.15, -0.1) is 0 Å². The van der Waals surface area contributed by atoms with Gasteiger partial charge in [-0.25, -0.2) is 18.9 Å². The Morgan fingerprint density at radius 2 is 1.96 bits per heavy atom. The zero-order valence-electron chi connectivity index (χ0n) is 11.5. The van der Waals surface area contributed by atoms with Crippen molar-refractivity contribution in [3.63, 3.8) is 0 Å². The number of aliphatic hydroxyl groups excluding tert-OH is 3. The minimum Gasteiger partial charge on any atom is -0.394 e. The minimum atomic E-state index is -4.81. The molecule has 0 amide bonds. The maximum absolute atomic E-state index is 11.6. The van der Waals surface area contributed by atoms with E-state index in [4.69, 9.17) is 15.3 Å². The summed E-state index contributed by atoms with van der Waals surface area (Å²) in [5.41, 5.74) is -0.642. The third kappa shape index (κ3) is 2.50. The smallest absolute Gasteiger partial charge is 0.394 e. The highest BCUT2D eigenvalue weighted by molar-refractivity contribution is 7.50. The summed E-state index contributed by atoms with van der Waals surface area (Å²) < 4.78 is 18.5. The molecule has 12 nitrogen and oxygen atoms in total. The number of rotatable bonds is 3. The second-order valence-electron chi connectivity index (χ2n) is 5.00.